The zero-order valence-corrected chi connectivity index (χ0v) is 50.8. The monoisotopic (exact) mass is 1060 g/mol. The second kappa shape index (κ2) is 64.9. The van der Waals surface area contributed by atoms with Gasteiger partial charge in [-0.2, -0.15) is 0 Å². The summed E-state index contributed by atoms with van der Waals surface area (Å²) in [6.45, 7) is 4.94. The molecule has 2 atom stereocenters. The second-order valence-corrected chi connectivity index (χ2v) is 23.5. The number of unbranched alkanes of at least 4 members (excludes halogenated alkanes) is 51. The summed E-state index contributed by atoms with van der Waals surface area (Å²) in [5, 5.41) is 23.1. The molecule has 0 fully saturated rings. The van der Waals surface area contributed by atoms with Crippen molar-refractivity contribution in [1.82, 2.24) is 5.32 Å². The summed E-state index contributed by atoms with van der Waals surface area (Å²) in [5.41, 5.74) is 0. The van der Waals surface area contributed by atoms with Crippen LogP contribution in [0.25, 0.3) is 0 Å². The first-order valence-corrected chi connectivity index (χ1v) is 34.1. The Hall–Kier alpha value is -1.66. The van der Waals surface area contributed by atoms with E-state index in [2.05, 4.69) is 31.3 Å². The van der Waals surface area contributed by atoms with Gasteiger partial charge in [-0.25, -0.2) is 0 Å². The van der Waals surface area contributed by atoms with E-state index in [1.54, 1.807) is 6.08 Å². The fraction of sp³-hybridized carbons (Fsp3) is 0.913. The maximum Gasteiger partial charge on any atom is 0.305 e. The first-order chi connectivity index (χ1) is 37.0. The topological polar surface area (TPSA) is 95.9 Å². The van der Waals surface area contributed by atoms with Gasteiger partial charge in [0, 0.05) is 12.8 Å². The lowest BCUT2D eigenvalue weighted by atomic mass is 10.0. The first kappa shape index (κ1) is 73.3. The average Bonchev–Trinajstić information content (AvgIpc) is 3.41. The van der Waals surface area contributed by atoms with Crippen LogP contribution < -0.4 is 5.32 Å². The van der Waals surface area contributed by atoms with Gasteiger partial charge < -0.3 is 20.3 Å². The number of nitrogens with one attached hydrogen (secondary N) is 1. The largest absolute Gasteiger partial charge is 0.466 e. The van der Waals surface area contributed by atoms with Crippen molar-refractivity contribution < 1.29 is 24.5 Å². The highest BCUT2D eigenvalue weighted by molar-refractivity contribution is 5.76. The molecule has 0 spiro atoms. The van der Waals surface area contributed by atoms with Crippen LogP contribution in [0.15, 0.2) is 24.3 Å². The van der Waals surface area contributed by atoms with Crippen molar-refractivity contribution in [1.29, 1.82) is 0 Å². The molecular weight excluding hydrogens is 923 g/mol. The van der Waals surface area contributed by atoms with E-state index in [0.29, 0.717) is 19.4 Å². The number of hydrogen-bond donors (Lipinski definition) is 3. The van der Waals surface area contributed by atoms with Crippen molar-refractivity contribution >= 4 is 11.9 Å². The van der Waals surface area contributed by atoms with E-state index >= 15 is 0 Å². The molecule has 0 aromatic rings. The molecule has 0 rings (SSSR count). The zero-order chi connectivity index (χ0) is 54.3. The number of esters is 1. The van der Waals surface area contributed by atoms with E-state index in [-0.39, 0.29) is 18.5 Å². The van der Waals surface area contributed by atoms with Crippen LogP contribution in [0.1, 0.15) is 380 Å². The summed E-state index contributed by atoms with van der Waals surface area (Å²) >= 11 is 0. The minimum absolute atomic E-state index is 0.0189. The first-order valence-electron chi connectivity index (χ1n) is 34.1. The Labute approximate surface area is 469 Å². The SMILES string of the molecule is CCCCCCCCCCCCCCC/C=C/C(O)C(CO)NC(=O)CCCCCCCCCCCCCC/C=C\CCCCCCCCCCCCCCOC(=O)CCCCCCCCCCCCCCCCC. The van der Waals surface area contributed by atoms with E-state index in [1.165, 1.54) is 315 Å². The maximum atomic E-state index is 12.5. The lowest BCUT2D eigenvalue weighted by Gasteiger charge is -2.20. The van der Waals surface area contributed by atoms with Crippen LogP contribution >= 0.6 is 0 Å². The lowest BCUT2D eigenvalue weighted by molar-refractivity contribution is -0.143. The van der Waals surface area contributed by atoms with Crippen molar-refractivity contribution in [3.63, 3.8) is 0 Å². The smallest absolute Gasteiger partial charge is 0.305 e. The molecule has 444 valence electrons. The van der Waals surface area contributed by atoms with Crippen molar-refractivity contribution in [2.45, 2.75) is 392 Å². The molecule has 0 radical (unpaired) electrons. The van der Waals surface area contributed by atoms with Crippen LogP contribution in [0.3, 0.4) is 0 Å². The number of carbonyl (C=O) groups excluding carboxylic acids is 2. The molecule has 0 saturated carbocycles. The van der Waals surface area contributed by atoms with Crippen LogP contribution in [-0.2, 0) is 14.3 Å². The predicted octanol–water partition coefficient (Wildman–Crippen LogP) is 21.8. The van der Waals surface area contributed by atoms with Gasteiger partial charge in [0.15, 0.2) is 0 Å². The standard InChI is InChI=1S/C69H133NO5/c1-3-5-7-9-11-13-15-17-33-37-41-45-49-53-57-61-67(72)66(65-71)70-68(73)62-58-54-50-46-42-38-35-31-29-27-25-23-21-19-20-22-24-26-28-30-32-36-40-44-48-52-56-60-64-75-69(74)63-59-55-51-47-43-39-34-18-16-14-12-10-8-6-4-2/h19-20,57,61,66-67,71-72H,3-18,21-56,58-60,62-65H2,1-2H3,(H,70,73)/b20-19-,61-57+. The third-order valence-electron chi connectivity index (χ3n) is 16.0. The van der Waals surface area contributed by atoms with Gasteiger partial charge in [0.05, 0.1) is 25.4 Å². The molecule has 1 amide bonds. The Bertz CT molecular complexity index is 1170. The molecule has 6 nitrogen and oxygen atoms in total. The maximum absolute atomic E-state index is 12.5. The third kappa shape index (κ3) is 61.4. The van der Waals surface area contributed by atoms with Crippen molar-refractivity contribution in [3.05, 3.63) is 24.3 Å². The van der Waals surface area contributed by atoms with Gasteiger partial charge in [-0.05, 0) is 57.8 Å². The summed E-state index contributed by atoms with van der Waals surface area (Å²) in [6.07, 6.45) is 81.0. The van der Waals surface area contributed by atoms with Crippen LogP contribution in [0.2, 0.25) is 0 Å². The van der Waals surface area contributed by atoms with E-state index in [4.69, 9.17) is 4.74 Å². The second-order valence-electron chi connectivity index (χ2n) is 23.5. The Kier molecular flexibility index (Phi) is 63.4. The highest BCUT2D eigenvalue weighted by atomic mass is 16.5. The lowest BCUT2D eigenvalue weighted by Crippen LogP contribution is -2.45. The quantitative estimate of drug-likeness (QED) is 0.0320. The summed E-state index contributed by atoms with van der Waals surface area (Å²) < 4.78 is 5.50. The Morgan fingerprint density at radius 3 is 0.947 bits per heavy atom. The van der Waals surface area contributed by atoms with Crippen LogP contribution in [0, 0.1) is 0 Å². The molecular formula is C69H133NO5. The van der Waals surface area contributed by atoms with Gasteiger partial charge in [-0.15, -0.1) is 0 Å². The fourth-order valence-electron chi connectivity index (χ4n) is 10.7. The molecule has 0 aromatic carbocycles. The van der Waals surface area contributed by atoms with Crippen LogP contribution in [-0.4, -0.2) is 47.4 Å². The number of aliphatic hydroxyl groups excluding tert-OH is 2. The molecule has 0 aliphatic heterocycles. The molecule has 0 aromatic heterocycles. The minimum atomic E-state index is -0.844. The Morgan fingerprint density at radius 1 is 0.360 bits per heavy atom. The van der Waals surface area contributed by atoms with Gasteiger partial charge in [-0.1, -0.05) is 334 Å². The van der Waals surface area contributed by atoms with E-state index in [0.717, 1.165) is 38.5 Å². The van der Waals surface area contributed by atoms with Gasteiger partial charge in [-0.3, -0.25) is 9.59 Å². The number of amides is 1. The molecule has 6 heteroatoms. The van der Waals surface area contributed by atoms with Crippen LogP contribution in [0.4, 0.5) is 0 Å². The molecule has 0 heterocycles. The summed E-state index contributed by atoms with van der Waals surface area (Å²) in [6, 6.07) is -0.627. The molecule has 2 unspecified atom stereocenters. The number of allylic oxidation sites excluding steroid dienone is 3. The molecule has 0 aliphatic carbocycles. The Morgan fingerprint density at radius 2 is 0.627 bits per heavy atom. The number of rotatable bonds is 64. The summed E-state index contributed by atoms with van der Waals surface area (Å²) in [4.78, 5) is 24.5. The number of ether oxygens (including phenoxy) is 1. The van der Waals surface area contributed by atoms with Crippen molar-refractivity contribution in [2.24, 2.45) is 0 Å². The summed E-state index contributed by atoms with van der Waals surface area (Å²) in [7, 11) is 0. The van der Waals surface area contributed by atoms with Gasteiger partial charge in [0.1, 0.15) is 0 Å². The van der Waals surface area contributed by atoms with E-state index in [1.807, 2.05) is 6.08 Å². The third-order valence-corrected chi connectivity index (χ3v) is 16.0. The highest BCUT2D eigenvalue weighted by Gasteiger charge is 2.18. The highest BCUT2D eigenvalue weighted by Crippen LogP contribution is 2.18. The van der Waals surface area contributed by atoms with E-state index < -0.39 is 12.1 Å². The number of hydrogen-bond acceptors (Lipinski definition) is 5. The minimum Gasteiger partial charge on any atom is -0.466 e. The normalized spacial score (nSPS) is 12.6. The zero-order valence-electron chi connectivity index (χ0n) is 50.8. The molecule has 75 heavy (non-hydrogen) atoms. The number of aliphatic hydroxyl groups is 2. The molecule has 0 saturated heterocycles. The van der Waals surface area contributed by atoms with Crippen molar-refractivity contribution in [2.75, 3.05) is 13.2 Å². The van der Waals surface area contributed by atoms with Gasteiger partial charge in [0.25, 0.3) is 0 Å². The molecule has 0 bridgehead atoms. The predicted molar refractivity (Wildman–Crippen MR) is 329 cm³/mol. The summed E-state index contributed by atoms with van der Waals surface area (Å²) in [5.74, 6) is -0.0468. The van der Waals surface area contributed by atoms with E-state index in [9.17, 15) is 19.8 Å². The average molecular weight is 1060 g/mol. The van der Waals surface area contributed by atoms with Gasteiger partial charge >= 0.3 is 5.97 Å². The molecule has 3 N–H and O–H groups in total. The van der Waals surface area contributed by atoms with Crippen molar-refractivity contribution in [3.8, 4) is 0 Å². The van der Waals surface area contributed by atoms with Crippen LogP contribution in [0.5, 0.6) is 0 Å². The molecule has 0 aliphatic rings. The number of carbonyl (C=O) groups is 2. The van der Waals surface area contributed by atoms with Gasteiger partial charge in [0.2, 0.25) is 5.91 Å². The Balaban J connectivity index is 3.38. The fourth-order valence-corrected chi connectivity index (χ4v) is 10.7.